The molecule has 2 atom stereocenters. The number of rotatable bonds is 6. The molecule has 3 aromatic carbocycles. The highest BCUT2D eigenvalue weighted by atomic mass is 35.5. The summed E-state index contributed by atoms with van der Waals surface area (Å²) in [5.74, 6) is 0.430. The fourth-order valence-electron chi connectivity index (χ4n) is 3.37. The predicted molar refractivity (Wildman–Crippen MR) is 119 cm³/mol. The number of halogens is 2. The Morgan fingerprint density at radius 1 is 0.968 bits per heavy atom. The zero-order valence-electron chi connectivity index (χ0n) is 16.2. The lowest BCUT2D eigenvalue weighted by molar-refractivity contribution is 0.0863. The van der Waals surface area contributed by atoms with Crippen molar-refractivity contribution >= 4 is 23.2 Å². The van der Waals surface area contributed by atoms with Crippen molar-refractivity contribution in [3.63, 3.8) is 0 Å². The van der Waals surface area contributed by atoms with Gasteiger partial charge in [-0.3, -0.25) is 0 Å². The summed E-state index contributed by atoms with van der Waals surface area (Å²) < 4.78 is 7.59. The van der Waals surface area contributed by atoms with E-state index in [0.29, 0.717) is 27.1 Å². The lowest BCUT2D eigenvalue weighted by Gasteiger charge is -2.25. The summed E-state index contributed by atoms with van der Waals surface area (Å²) in [6.45, 7) is 0. The Hall–Kier alpha value is -3.30. The van der Waals surface area contributed by atoms with E-state index in [-0.39, 0.29) is 0 Å². The van der Waals surface area contributed by atoms with E-state index in [2.05, 4.69) is 11.1 Å². The van der Waals surface area contributed by atoms with Crippen LogP contribution in [0.2, 0.25) is 10.0 Å². The van der Waals surface area contributed by atoms with Crippen LogP contribution in [-0.2, 0) is 0 Å². The Bertz CT molecular complexity index is 1220. The van der Waals surface area contributed by atoms with E-state index in [4.69, 9.17) is 27.9 Å². The molecule has 1 aromatic heterocycles. The maximum Gasteiger partial charge on any atom is 0.145 e. The molecule has 0 amide bonds. The second-order valence-electron chi connectivity index (χ2n) is 6.88. The number of nitrogens with zero attached hydrogens (tertiary/aromatic N) is 3. The van der Waals surface area contributed by atoms with Gasteiger partial charge in [0.05, 0.1) is 17.8 Å². The third-order valence-corrected chi connectivity index (χ3v) is 5.35. The first-order valence-corrected chi connectivity index (χ1v) is 10.2. The Morgan fingerprint density at radius 2 is 1.74 bits per heavy atom. The number of aromatic nitrogens is 2. The highest BCUT2D eigenvalue weighted by Gasteiger charge is 2.26. The maximum absolute atomic E-state index is 11.2. The van der Waals surface area contributed by atoms with Crippen molar-refractivity contribution in [3.05, 3.63) is 112 Å². The number of nitriles is 1. The minimum absolute atomic E-state index is 0.371. The van der Waals surface area contributed by atoms with Gasteiger partial charge in [-0.2, -0.15) is 5.26 Å². The van der Waals surface area contributed by atoms with Crippen LogP contribution in [0.5, 0.6) is 11.5 Å². The first kappa shape index (κ1) is 21.0. The molecule has 0 aliphatic rings. The normalized spacial score (nSPS) is 12.7. The van der Waals surface area contributed by atoms with Crippen molar-refractivity contribution in [2.75, 3.05) is 0 Å². The van der Waals surface area contributed by atoms with Gasteiger partial charge < -0.3 is 14.4 Å². The van der Waals surface area contributed by atoms with Crippen LogP contribution < -0.4 is 4.74 Å². The van der Waals surface area contributed by atoms with Crippen LogP contribution in [-0.4, -0.2) is 14.7 Å². The minimum Gasteiger partial charge on any atom is -0.456 e. The van der Waals surface area contributed by atoms with Crippen LogP contribution in [0, 0.1) is 11.3 Å². The summed E-state index contributed by atoms with van der Waals surface area (Å²) in [7, 11) is 0. The van der Waals surface area contributed by atoms with Crippen LogP contribution in [0.1, 0.15) is 28.8 Å². The largest absolute Gasteiger partial charge is 0.456 e. The zero-order chi connectivity index (χ0) is 21.8. The zero-order valence-corrected chi connectivity index (χ0v) is 17.7. The van der Waals surface area contributed by atoms with Gasteiger partial charge in [0.1, 0.15) is 23.8 Å². The van der Waals surface area contributed by atoms with Crippen molar-refractivity contribution in [2.45, 2.75) is 12.1 Å². The Kier molecular flexibility index (Phi) is 6.24. The molecule has 0 saturated carbocycles. The summed E-state index contributed by atoms with van der Waals surface area (Å²) >= 11 is 12.1. The topological polar surface area (TPSA) is 71.1 Å². The van der Waals surface area contributed by atoms with Crippen LogP contribution >= 0.6 is 23.2 Å². The van der Waals surface area contributed by atoms with Crippen LogP contribution in [0.25, 0.3) is 0 Å². The number of aliphatic hydroxyl groups is 1. The molecule has 7 heteroatoms. The molecule has 0 fully saturated rings. The SMILES string of the molecule is N#Cc1ccc(C(c2ccc(Cl)cc2)C(O)n2ccnc2)cc1Oc1cccc(Cl)c1. The van der Waals surface area contributed by atoms with Gasteiger partial charge in [0.15, 0.2) is 0 Å². The van der Waals surface area contributed by atoms with E-state index >= 15 is 0 Å². The molecule has 4 aromatic rings. The Morgan fingerprint density at radius 3 is 2.42 bits per heavy atom. The number of imidazole rings is 1. The fourth-order valence-corrected chi connectivity index (χ4v) is 3.68. The van der Waals surface area contributed by atoms with E-state index in [1.54, 1.807) is 71.8 Å². The van der Waals surface area contributed by atoms with Gasteiger partial charge in [-0.15, -0.1) is 0 Å². The van der Waals surface area contributed by atoms with Gasteiger partial charge >= 0.3 is 0 Å². The van der Waals surface area contributed by atoms with E-state index in [1.165, 1.54) is 0 Å². The average molecular weight is 450 g/mol. The quantitative estimate of drug-likeness (QED) is 0.381. The number of benzene rings is 3. The number of ether oxygens (including phenoxy) is 1. The monoisotopic (exact) mass is 449 g/mol. The van der Waals surface area contributed by atoms with Crippen LogP contribution in [0.15, 0.2) is 85.5 Å². The standard InChI is InChI=1S/C24H17Cl2N3O2/c25-19-8-6-16(7-9-19)23(24(30)29-11-10-28-15-29)17-4-5-18(14-27)22(12-17)31-21-3-1-2-20(26)13-21/h1-13,15,23-24,30H. The fraction of sp³-hybridized carbons (Fsp3) is 0.0833. The molecule has 0 aliphatic heterocycles. The summed E-state index contributed by atoms with van der Waals surface area (Å²) in [6, 6.07) is 21.6. The molecule has 31 heavy (non-hydrogen) atoms. The highest BCUT2D eigenvalue weighted by molar-refractivity contribution is 6.30. The van der Waals surface area contributed by atoms with E-state index in [9.17, 15) is 10.4 Å². The molecular weight excluding hydrogens is 433 g/mol. The third kappa shape index (κ3) is 4.73. The lowest BCUT2D eigenvalue weighted by atomic mass is 9.89. The van der Waals surface area contributed by atoms with Gasteiger partial charge in [0.2, 0.25) is 0 Å². The second-order valence-corrected chi connectivity index (χ2v) is 7.75. The molecule has 1 N–H and O–H groups in total. The smallest absolute Gasteiger partial charge is 0.145 e. The predicted octanol–water partition coefficient (Wildman–Crippen LogP) is 6.18. The molecule has 0 saturated heterocycles. The lowest BCUT2D eigenvalue weighted by Crippen LogP contribution is -2.18. The van der Waals surface area contributed by atoms with Crippen molar-refractivity contribution in [3.8, 4) is 17.6 Å². The number of hydrogen-bond donors (Lipinski definition) is 1. The van der Waals surface area contributed by atoms with E-state index in [1.807, 2.05) is 18.2 Å². The van der Waals surface area contributed by atoms with E-state index in [0.717, 1.165) is 11.1 Å². The first-order chi connectivity index (χ1) is 15.0. The minimum atomic E-state index is -0.935. The van der Waals surface area contributed by atoms with Gasteiger partial charge in [-0.05, 0) is 53.6 Å². The molecule has 4 rings (SSSR count). The van der Waals surface area contributed by atoms with Gasteiger partial charge in [-0.25, -0.2) is 4.98 Å². The Labute approximate surface area is 189 Å². The summed E-state index contributed by atoms with van der Waals surface area (Å²) in [6.07, 6.45) is 3.92. The second kappa shape index (κ2) is 9.23. The molecule has 1 heterocycles. The van der Waals surface area contributed by atoms with Gasteiger partial charge in [0, 0.05) is 22.4 Å². The first-order valence-electron chi connectivity index (χ1n) is 9.43. The number of aliphatic hydroxyl groups excluding tert-OH is 1. The molecule has 0 aliphatic carbocycles. The van der Waals surface area contributed by atoms with Gasteiger partial charge in [0.25, 0.3) is 0 Å². The number of hydrogen-bond acceptors (Lipinski definition) is 4. The van der Waals surface area contributed by atoms with Crippen molar-refractivity contribution in [1.29, 1.82) is 5.26 Å². The summed E-state index contributed by atoms with van der Waals surface area (Å²) in [5, 5.41) is 21.8. The molecule has 0 bridgehead atoms. The van der Waals surface area contributed by atoms with Crippen molar-refractivity contribution in [2.24, 2.45) is 0 Å². The van der Waals surface area contributed by atoms with Gasteiger partial charge in [-0.1, -0.05) is 47.5 Å². The molecule has 0 spiro atoms. The van der Waals surface area contributed by atoms with Crippen molar-refractivity contribution in [1.82, 2.24) is 9.55 Å². The molecule has 0 radical (unpaired) electrons. The maximum atomic E-state index is 11.2. The van der Waals surface area contributed by atoms with Crippen LogP contribution in [0.4, 0.5) is 0 Å². The molecule has 154 valence electrons. The van der Waals surface area contributed by atoms with Crippen LogP contribution in [0.3, 0.4) is 0 Å². The summed E-state index contributed by atoms with van der Waals surface area (Å²) in [4.78, 5) is 4.04. The molecular formula is C24H17Cl2N3O2. The summed E-state index contributed by atoms with van der Waals surface area (Å²) in [5.41, 5.74) is 1.99. The molecule has 5 nitrogen and oxygen atoms in total. The van der Waals surface area contributed by atoms with E-state index < -0.39 is 12.1 Å². The highest BCUT2D eigenvalue weighted by Crippen LogP contribution is 2.37. The average Bonchev–Trinajstić information content (AvgIpc) is 3.30. The van der Waals surface area contributed by atoms with Crippen molar-refractivity contribution < 1.29 is 9.84 Å². The third-order valence-electron chi connectivity index (χ3n) is 4.87. The molecule has 2 unspecified atom stereocenters. The Balaban J connectivity index is 1.79.